The Morgan fingerprint density at radius 1 is 1.14 bits per heavy atom. The lowest BCUT2D eigenvalue weighted by atomic mass is 9.96. The van der Waals surface area contributed by atoms with Crippen LogP contribution in [0.4, 0.5) is 0 Å². The van der Waals surface area contributed by atoms with Crippen LogP contribution in [-0.2, 0) is 9.59 Å². The van der Waals surface area contributed by atoms with Crippen molar-refractivity contribution in [3.63, 3.8) is 0 Å². The van der Waals surface area contributed by atoms with E-state index in [4.69, 9.17) is 5.73 Å². The normalized spacial score (nSPS) is 32.5. The van der Waals surface area contributed by atoms with Crippen molar-refractivity contribution < 1.29 is 9.59 Å². The summed E-state index contributed by atoms with van der Waals surface area (Å²) in [5.74, 6) is 1.38. The third-order valence-electron chi connectivity index (χ3n) is 5.72. The van der Waals surface area contributed by atoms with Gasteiger partial charge in [-0.05, 0) is 43.4 Å². The monoisotopic (exact) mass is 329 g/mol. The van der Waals surface area contributed by atoms with Crippen molar-refractivity contribution in [1.29, 1.82) is 0 Å². The van der Waals surface area contributed by atoms with Gasteiger partial charge in [0.15, 0.2) is 0 Å². The van der Waals surface area contributed by atoms with Crippen molar-refractivity contribution in [3.05, 3.63) is 0 Å². The molecular weight excluding hydrogens is 302 g/mol. The number of likely N-dealkylation sites (tertiary alicyclic amines) is 1. The molecule has 3 fully saturated rings. The van der Waals surface area contributed by atoms with Crippen LogP contribution >= 0.6 is 12.4 Å². The lowest BCUT2D eigenvalue weighted by molar-refractivity contribution is -0.137. The molecule has 3 N–H and O–H groups in total. The van der Waals surface area contributed by atoms with Crippen LogP contribution < -0.4 is 11.1 Å². The first-order valence-electron chi connectivity index (χ1n) is 8.37. The Kier molecular flexibility index (Phi) is 5.72. The van der Waals surface area contributed by atoms with Gasteiger partial charge in [-0.25, -0.2) is 0 Å². The van der Waals surface area contributed by atoms with Crippen molar-refractivity contribution in [2.75, 3.05) is 13.1 Å². The van der Waals surface area contributed by atoms with Crippen LogP contribution in [-0.4, -0.2) is 41.9 Å². The number of amides is 2. The van der Waals surface area contributed by atoms with E-state index in [2.05, 4.69) is 5.32 Å². The number of nitrogens with zero attached hydrogens (tertiary/aromatic N) is 1. The molecule has 1 saturated heterocycles. The van der Waals surface area contributed by atoms with E-state index in [1.165, 1.54) is 19.8 Å². The van der Waals surface area contributed by atoms with E-state index in [-0.39, 0.29) is 36.3 Å². The molecule has 2 aliphatic carbocycles. The predicted molar refractivity (Wildman–Crippen MR) is 87.6 cm³/mol. The second-order valence-electron chi connectivity index (χ2n) is 7.13. The summed E-state index contributed by atoms with van der Waals surface area (Å²) in [6, 6.07) is -0.0708. The first-order valence-corrected chi connectivity index (χ1v) is 8.37. The van der Waals surface area contributed by atoms with Crippen LogP contribution in [0.2, 0.25) is 0 Å². The van der Waals surface area contributed by atoms with E-state index < -0.39 is 0 Å². The molecule has 2 amide bonds. The molecule has 0 aromatic carbocycles. The van der Waals surface area contributed by atoms with Crippen molar-refractivity contribution in [1.82, 2.24) is 10.2 Å². The van der Waals surface area contributed by atoms with Crippen LogP contribution in [0.1, 0.15) is 45.4 Å². The maximum Gasteiger partial charge on any atom is 0.245 e. The Labute approximate surface area is 138 Å². The van der Waals surface area contributed by atoms with E-state index in [9.17, 15) is 9.59 Å². The summed E-state index contributed by atoms with van der Waals surface area (Å²) >= 11 is 0. The van der Waals surface area contributed by atoms with Crippen LogP contribution in [0.3, 0.4) is 0 Å². The molecule has 1 aliphatic heterocycles. The molecule has 3 rings (SSSR count). The van der Waals surface area contributed by atoms with E-state index in [0.717, 1.165) is 38.8 Å². The van der Waals surface area contributed by atoms with Gasteiger partial charge in [0.1, 0.15) is 6.04 Å². The summed E-state index contributed by atoms with van der Waals surface area (Å²) in [6.07, 6.45) is 6.68. The first-order chi connectivity index (χ1) is 10.1. The number of hydrogen-bond donors (Lipinski definition) is 2. The zero-order chi connectivity index (χ0) is 15.0. The summed E-state index contributed by atoms with van der Waals surface area (Å²) in [5.41, 5.74) is 6.15. The molecule has 0 aromatic rings. The van der Waals surface area contributed by atoms with Gasteiger partial charge in [0.2, 0.25) is 11.8 Å². The third kappa shape index (κ3) is 3.40. The standard InChI is InChI=1S/C16H27N3O2.ClH/c1-10(20)18-15(11-4-2-3-5-11)16(21)19-8-12-6-7-14(17)13(12)9-19;/h11-15H,2-9,17H2,1H3,(H,18,20);1H. The Hall–Kier alpha value is -0.810. The zero-order valence-electron chi connectivity index (χ0n) is 13.3. The second-order valence-corrected chi connectivity index (χ2v) is 7.13. The molecule has 0 spiro atoms. The SMILES string of the molecule is CC(=O)NC(C(=O)N1CC2CCC(N)C2C1)C1CCCC1.Cl. The zero-order valence-corrected chi connectivity index (χ0v) is 14.1. The highest BCUT2D eigenvalue weighted by Gasteiger charge is 2.44. The van der Waals surface area contributed by atoms with Crippen LogP contribution in [0, 0.1) is 17.8 Å². The van der Waals surface area contributed by atoms with Gasteiger partial charge in [-0.1, -0.05) is 12.8 Å². The fourth-order valence-corrected chi connectivity index (χ4v) is 4.58. The second kappa shape index (κ2) is 7.18. The lowest BCUT2D eigenvalue weighted by Gasteiger charge is -2.28. The summed E-state index contributed by atoms with van der Waals surface area (Å²) in [4.78, 5) is 26.3. The van der Waals surface area contributed by atoms with Gasteiger partial charge >= 0.3 is 0 Å². The summed E-state index contributed by atoms with van der Waals surface area (Å²) in [6.45, 7) is 3.12. The molecular formula is C16H28ClN3O2. The minimum Gasteiger partial charge on any atom is -0.344 e. The van der Waals surface area contributed by atoms with E-state index >= 15 is 0 Å². The first kappa shape index (κ1) is 17.5. The quantitative estimate of drug-likeness (QED) is 0.819. The average Bonchev–Trinajstić information content (AvgIpc) is 3.14. The minimum atomic E-state index is -0.319. The van der Waals surface area contributed by atoms with Crippen molar-refractivity contribution in [2.45, 2.75) is 57.5 Å². The number of carbonyl (C=O) groups is 2. The van der Waals surface area contributed by atoms with E-state index in [0.29, 0.717) is 17.8 Å². The van der Waals surface area contributed by atoms with Gasteiger partial charge in [0.25, 0.3) is 0 Å². The van der Waals surface area contributed by atoms with Gasteiger partial charge < -0.3 is 16.0 Å². The lowest BCUT2D eigenvalue weighted by Crippen LogP contribution is -2.51. The number of halogens is 1. The van der Waals surface area contributed by atoms with Gasteiger partial charge in [-0.3, -0.25) is 9.59 Å². The van der Waals surface area contributed by atoms with Gasteiger partial charge in [-0.2, -0.15) is 0 Å². The van der Waals surface area contributed by atoms with Crippen molar-refractivity contribution in [2.24, 2.45) is 23.5 Å². The number of nitrogens with two attached hydrogens (primary N) is 1. The maximum atomic E-state index is 12.9. The fourth-order valence-electron chi connectivity index (χ4n) is 4.58. The number of rotatable bonds is 3. The highest BCUT2D eigenvalue weighted by molar-refractivity contribution is 5.87. The molecule has 3 aliphatic rings. The molecule has 0 aromatic heterocycles. The topological polar surface area (TPSA) is 75.4 Å². The van der Waals surface area contributed by atoms with Gasteiger partial charge in [0, 0.05) is 26.1 Å². The van der Waals surface area contributed by atoms with Crippen molar-refractivity contribution >= 4 is 24.2 Å². The molecule has 2 saturated carbocycles. The maximum absolute atomic E-state index is 12.9. The number of nitrogens with one attached hydrogen (secondary N) is 1. The van der Waals surface area contributed by atoms with Crippen LogP contribution in [0.15, 0.2) is 0 Å². The molecule has 4 atom stereocenters. The average molecular weight is 330 g/mol. The fraction of sp³-hybridized carbons (Fsp3) is 0.875. The Bertz CT molecular complexity index is 426. The summed E-state index contributed by atoms with van der Waals surface area (Å²) < 4.78 is 0. The van der Waals surface area contributed by atoms with Gasteiger partial charge in [0.05, 0.1) is 0 Å². The summed E-state index contributed by atoms with van der Waals surface area (Å²) in [7, 11) is 0. The molecule has 0 bridgehead atoms. The number of hydrogen-bond acceptors (Lipinski definition) is 3. The largest absolute Gasteiger partial charge is 0.344 e. The Morgan fingerprint density at radius 2 is 1.82 bits per heavy atom. The molecule has 4 unspecified atom stereocenters. The molecule has 1 heterocycles. The van der Waals surface area contributed by atoms with Gasteiger partial charge in [-0.15, -0.1) is 12.4 Å². The number of carbonyl (C=O) groups excluding carboxylic acids is 2. The van der Waals surface area contributed by atoms with Crippen molar-refractivity contribution in [3.8, 4) is 0 Å². The van der Waals surface area contributed by atoms with E-state index in [1.807, 2.05) is 4.90 Å². The minimum absolute atomic E-state index is 0. The predicted octanol–water partition coefficient (Wildman–Crippen LogP) is 1.30. The molecule has 126 valence electrons. The smallest absolute Gasteiger partial charge is 0.245 e. The third-order valence-corrected chi connectivity index (χ3v) is 5.72. The highest BCUT2D eigenvalue weighted by Crippen LogP contribution is 2.38. The highest BCUT2D eigenvalue weighted by atomic mass is 35.5. The molecule has 0 radical (unpaired) electrons. The molecule has 6 heteroatoms. The molecule has 5 nitrogen and oxygen atoms in total. The number of fused-ring (bicyclic) bond motifs is 1. The molecule has 22 heavy (non-hydrogen) atoms. The Balaban J connectivity index is 0.00000176. The Morgan fingerprint density at radius 3 is 2.41 bits per heavy atom. The van der Waals surface area contributed by atoms with E-state index in [1.54, 1.807) is 0 Å². The van der Waals surface area contributed by atoms with Crippen LogP contribution in [0.5, 0.6) is 0 Å². The summed E-state index contributed by atoms with van der Waals surface area (Å²) in [5, 5.41) is 2.91. The van der Waals surface area contributed by atoms with Crippen LogP contribution in [0.25, 0.3) is 0 Å².